The van der Waals surface area contributed by atoms with Gasteiger partial charge in [0.2, 0.25) is 11.8 Å². The van der Waals surface area contributed by atoms with Crippen LogP contribution < -0.4 is 5.73 Å². The maximum Gasteiger partial charge on any atom is 0.233 e. The molecule has 2 N–H and O–H groups in total. The average Bonchev–Trinajstić information content (AvgIpc) is 2.41. The van der Waals surface area contributed by atoms with Crippen molar-refractivity contribution in [1.29, 1.82) is 0 Å². The third-order valence-electron chi connectivity index (χ3n) is 3.38. The van der Waals surface area contributed by atoms with Crippen LogP contribution in [0.25, 0.3) is 0 Å². The first-order valence-electron chi connectivity index (χ1n) is 5.97. The topological polar surface area (TPSA) is 63.4 Å². The van der Waals surface area contributed by atoms with Gasteiger partial charge in [0.1, 0.15) is 0 Å². The van der Waals surface area contributed by atoms with Crippen LogP contribution in [-0.4, -0.2) is 29.3 Å². The third kappa shape index (κ3) is 2.26. The fraction of sp³-hybridized carbons (Fsp3) is 0.833. The van der Waals surface area contributed by atoms with Crippen molar-refractivity contribution in [3.05, 3.63) is 0 Å². The smallest absolute Gasteiger partial charge is 0.233 e. The van der Waals surface area contributed by atoms with Crippen LogP contribution in [0.4, 0.5) is 0 Å². The highest BCUT2D eigenvalue weighted by atomic mass is 16.2. The van der Waals surface area contributed by atoms with Crippen LogP contribution in [0.5, 0.6) is 0 Å². The Morgan fingerprint density at radius 3 is 1.94 bits per heavy atom. The third-order valence-corrected chi connectivity index (χ3v) is 3.38. The van der Waals surface area contributed by atoms with Crippen LogP contribution in [-0.2, 0) is 9.59 Å². The molecule has 3 atom stereocenters. The maximum atomic E-state index is 12.0. The van der Waals surface area contributed by atoms with Crippen molar-refractivity contribution in [3.63, 3.8) is 0 Å². The van der Waals surface area contributed by atoms with E-state index in [0.29, 0.717) is 12.5 Å². The molecule has 0 aromatic carbocycles. The number of carbonyl (C=O) groups is 2. The Kier molecular flexibility index (Phi) is 4.08. The summed E-state index contributed by atoms with van der Waals surface area (Å²) in [6.45, 7) is 8.12. The molecular weight excluding hydrogens is 204 g/mol. The van der Waals surface area contributed by atoms with Gasteiger partial charge in [0.15, 0.2) is 0 Å². The van der Waals surface area contributed by atoms with Gasteiger partial charge in [-0.3, -0.25) is 14.5 Å². The minimum absolute atomic E-state index is 0.0615. The van der Waals surface area contributed by atoms with E-state index in [4.69, 9.17) is 5.73 Å². The molecule has 3 unspecified atom stereocenters. The Labute approximate surface area is 97.2 Å². The number of rotatable bonds is 4. The van der Waals surface area contributed by atoms with Gasteiger partial charge in [-0.25, -0.2) is 0 Å². The zero-order chi connectivity index (χ0) is 12.5. The highest BCUT2D eigenvalue weighted by Crippen LogP contribution is 2.28. The second-order valence-electron chi connectivity index (χ2n) is 5.14. The number of likely N-dealkylation sites (tertiary alicyclic amines) is 1. The molecule has 1 heterocycles. The minimum Gasteiger partial charge on any atom is -0.328 e. The van der Waals surface area contributed by atoms with Gasteiger partial charge in [0, 0.05) is 18.4 Å². The van der Waals surface area contributed by atoms with Gasteiger partial charge in [-0.2, -0.15) is 0 Å². The molecule has 1 saturated heterocycles. The summed E-state index contributed by atoms with van der Waals surface area (Å²) in [5.41, 5.74) is 5.67. The lowest BCUT2D eigenvalue weighted by molar-refractivity contribution is -0.142. The van der Waals surface area contributed by atoms with E-state index < -0.39 is 0 Å². The van der Waals surface area contributed by atoms with Crippen LogP contribution in [0.3, 0.4) is 0 Å². The highest BCUT2D eigenvalue weighted by molar-refractivity contribution is 6.05. The van der Waals surface area contributed by atoms with Crippen molar-refractivity contribution in [3.8, 4) is 0 Å². The van der Waals surface area contributed by atoms with Crippen LogP contribution in [0, 0.1) is 17.8 Å². The van der Waals surface area contributed by atoms with Crippen LogP contribution in [0.1, 0.15) is 34.1 Å². The SMILES string of the molecule is CC(C)CC(CN)N1C(=O)C(C)C(C)C1=O. The van der Waals surface area contributed by atoms with Gasteiger partial charge >= 0.3 is 0 Å². The summed E-state index contributed by atoms with van der Waals surface area (Å²) in [5, 5.41) is 0. The molecular formula is C12H22N2O2. The molecule has 16 heavy (non-hydrogen) atoms. The lowest BCUT2D eigenvalue weighted by Gasteiger charge is -2.26. The van der Waals surface area contributed by atoms with Crippen molar-refractivity contribution in [2.75, 3.05) is 6.54 Å². The first kappa shape index (κ1) is 13.2. The molecule has 92 valence electrons. The van der Waals surface area contributed by atoms with E-state index in [1.807, 2.05) is 13.8 Å². The van der Waals surface area contributed by atoms with Gasteiger partial charge in [-0.1, -0.05) is 27.7 Å². The van der Waals surface area contributed by atoms with E-state index >= 15 is 0 Å². The predicted molar refractivity (Wildman–Crippen MR) is 62.5 cm³/mol. The highest BCUT2D eigenvalue weighted by Gasteiger charge is 2.44. The minimum atomic E-state index is -0.200. The van der Waals surface area contributed by atoms with Gasteiger partial charge in [-0.15, -0.1) is 0 Å². The number of imide groups is 1. The van der Waals surface area contributed by atoms with E-state index in [2.05, 4.69) is 13.8 Å². The fourth-order valence-corrected chi connectivity index (χ4v) is 2.19. The zero-order valence-corrected chi connectivity index (χ0v) is 10.6. The average molecular weight is 226 g/mol. The quantitative estimate of drug-likeness (QED) is 0.727. The summed E-state index contributed by atoms with van der Waals surface area (Å²) in [4.78, 5) is 25.3. The largest absolute Gasteiger partial charge is 0.328 e. The number of carbonyl (C=O) groups excluding carboxylic acids is 2. The summed E-state index contributed by atoms with van der Waals surface area (Å²) < 4.78 is 0. The Balaban J connectivity index is 2.85. The maximum absolute atomic E-state index is 12.0. The van der Waals surface area contributed by atoms with Crippen molar-refractivity contribution in [1.82, 2.24) is 4.90 Å². The first-order valence-corrected chi connectivity index (χ1v) is 5.97. The van der Waals surface area contributed by atoms with E-state index in [1.165, 1.54) is 4.90 Å². The second kappa shape index (κ2) is 4.95. The molecule has 1 rings (SSSR count). The van der Waals surface area contributed by atoms with Crippen molar-refractivity contribution >= 4 is 11.8 Å². The number of nitrogens with zero attached hydrogens (tertiary/aromatic N) is 1. The Hall–Kier alpha value is -0.900. The predicted octanol–water partition coefficient (Wildman–Crippen LogP) is 1.00. The Bertz CT molecular complexity index is 269. The van der Waals surface area contributed by atoms with Gasteiger partial charge in [0.25, 0.3) is 0 Å². The molecule has 4 nitrogen and oxygen atoms in total. The summed E-state index contributed by atoms with van der Waals surface area (Å²) in [6.07, 6.45) is 0.785. The number of amides is 2. The number of hydrogen-bond donors (Lipinski definition) is 1. The van der Waals surface area contributed by atoms with Crippen LogP contribution in [0.2, 0.25) is 0 Å². The molecule has 0 spiro atoms. The van der Waals surface area contributed by atoms with E-state index in [0.717, 1.165) is 6.42 Å². The fourth-order valence-electron chi connectivity index (χ4n) is 2.19. The molecule has 2 amide bonds. The van der Waals surface area contributed by atoms with Crippen molar-refractivity contribution in [2.45, 2.75) is 40.2 Å². The Morgan fingerprint density at radius 2 is 1.62 bits per heavy atom. The summed E-state index contributed by atoms with van der Waals surface area (Å²) in [5.74, 6) is -0.0926. The number of nitrogens with two attached hydrogens (primary N) is 1. The second-order valence-corrected chi connectivity index (χ2v) is 5.14. The molecule has 1 aliphatic rings. The van der Waals surface area contributed by atoms with Crippen LogP contribution in [0.15, 0.2) is 0 Å². The standard InChI is InChI=1S/C12H22N2O2/c1-7(2)5-10(6-13)14-11(15)8(3)9(4)12(14)16/h7-10H,5-6,13H2,1-4H3. The summed E-state index contributed by atoms with van der Waals surface area (Å²) in [6, 6.07) is -0.132. The molecule has 0 aromatic heterocycles. The van der Waals surface area contributed by atoms with E-state index in [9.17, 15) is 9.59 Å². The molecule has 0 aromatic rings. The van der Waals surface area contributed by atoms with Gasteiger partial charge in [0.05, 0.1) is 6.04 Å². The lowest BCUT2D eigenvalue weighted by atomic mass is 10.00. The van der Waals surface area contributed by atoms with Crippen molar-refractivity contribution < 1.29 is 9.59 Å². The summed E-state index contributed by atoms with van der Waals surface area (Å²) in [7, 11) is 0. The molecule has 4 heteroatoms. The molecule has 0 saturated carbocycles. The molecule has 1 fully saturated rings. The normalized spacial score (nSPS) is 28.0. The van der Waals surface area contributed by atoms with Gasteiger partial charge < -0.3 is 5.73 Å². The molecule has 0 aliphatic carbocycles. The summed E-state index contributed by atoms with van der Waals surface area (Å²) >= 11 is 0. The monoisotopic (exact) mass is 226 g/mol. The Morgan fingerprint density at radius 1 is 1.19 bits per heavy atom. The van der Waals surface area contributed by atoms with Gasteiger partial charge in [-0.05, 0) is 12.3 Å². The molecule has 0 bridgehead atoms. The molecule has 0 radical (unpaired) electrons. The molecule has 1 aliphatic heterocycles. The lowest BCUT2D eigenvalue weighted by Crippen LogP contribution is -2.45. The van der Waals surface area contributed by atoms with E-state index in [1.54, 1.807) is 0 Å². The van der Waals surface area contributed by atoms with Crippen molar-refractivity contribution in [2.24, 2.45) is 23.5 Å². The first-order chi connectivity index (χ1) is 7.40. The van der Waals surface area contributed by atoms with Crippen LogP contribution >= 0.6 is 0 Å². The zero-order valence-electron chi connectivity index (χ0n) is 10.6. The number of hydrogen-bond acceptors (Lipinski definition) is 3. The van der Waals surface area contributed by atoms with E-state index in [-0.39, 0.29) is 29.7 Å².